The van der Waals surface area contributed by atoms with Gasteiger partial charge in [-0.2, -0.15) is 0 Å². The number of rotatable bonds is 5. The van der Waals surface area contributed by atoms with Crippen LogP contribution in [0, 0.1) is 4.77 Å². The van der Waals surface area contributed by atoms with Crippen LogP contribution in [-0.2, 0) is 16.1 Å². The summed E-state index contributed by atoms with van der Waals surface area (Å²) in [5.74, 6) is 0.847. The van der Waals surface area contributed by atoms with Crippen LogP contribution in [0.3, 0.4) is 0 Å². The largest absolute Gasteiger partial charge is 0.497 e. The molecular formula is C20H18N4O3S. The Labute approximate surface area is 166 Å². The number of carbonyl (C=O) groups is 2. The summed E-state index contributed by atoms with van der Waals surface area (Å²) in [6.45, 7) is 0.366. The average molecular weight is 394 g/mol. The summed E-state index contributed by atoms with van der Waals surface area (Å²) < 4.78 is 7.03. The van der Waals surface area contributed by atoms with Crippen molar-refractivity contribution in [3.63, 3.8) is 0 Å². The van der Waals surface area contributed by atoms with Gasteiger partial charge in [-0.05, 0) is 42.0 Å². The molecule has 2 heterocycles. The molecule has 0 spiro atoms. The van der Waals surface area contributed by atoms with Gasteiger partial charge in [-0.1, -0.05) is 24.3 Å². The molecule has 1 aromatic heterocycles. The smallest absolute Gasteiger partial charge is 0.249 e. The van der Waals surface area contributed by atoms with Crippen molar-refractivity contribution >= 4 is 40.8 Å². The van der Waals surface area contributed by atoms with Crippen molar-refractivity contribution in [3.8, 4) is 5.75 Å². The molecule has 7 nitrogen and oxygen atoms in total. The van der Waals surface area contributed by atoms with E-state index in [1.165, 1.54) is 0 Å². The molecule has 0 saturated carbocycles. The first-order valence-corrected chi connectivity index (χ1v) is 9.19. The van der Waals surface area contributed by atoms with E-state index >= 15 is 0 Å². The van der Waals surface area contributed by atoms with Crippen LogP contribution in [0.25, 0.3) is 10.9 Å². The molecule has 2 aromatic carbocycles. The number of para-hydroxylation sites is 1. The number of nitrogens with zero attached hydrogens (tertiary/aromatic N) is 2. The summed E-state index contributed by atoms with van der Waals surface area (Å²) in [4.78, 5) is 29.3. The van der Waals surface area contributed by atoms with Crippen LogP contribution >= 0.6 is 12.2 Å². The van der Waals surface area contributed by atoms with Gasteiger partial charge in [0, 0.05) is 11.9 Å². The first-order chi connectivity index (χ1) is 13.6. The molecule has 0 saturated heterocycles. The highest BCUT2D eigenvalue weighted by molar-refractivity contribution is 7.71. The number of fused-ring (bicyclic) bond motifs is 3. The third-order valence-corrected chi connectivity index (χ3v) is 4.99. The molecule has 1 aliphatic rings. The predicted molar refractivity (Wildman–Crippen MR) is 108 cm³/mol. The highest BCUT2D eigenvalue weighted by Gasteiger charge is 2.33. The molecule has 0 bridgehead atoms. The monoisotopic (exact) mass is 394 g/mol. The van der Waals surface area contributed by atoms with E-state index in [4.69, 9.17) is 17.0 Å². The lowest BCUT2D eigenvalue weighted by Crippen LogP contribution is -2.28. The number of amides is 2. The van der Waals surface area contributed by atoms with Gasteiger partial charge in [0.25, 0.3) is 0 Å². The zero-order valence-electron chi connectivity index (χ0n) is 15.1. The normalized spacial score (nSPS) is 15.2. The summed E-state index contributed by atoms with van der Waals surface area (Å²) in [5.41, 5.74) is 1.65. The van der Waals surface area contributed by atoms with Crippen molar-refractivity contribution < 1.29 is 14.3 Å². The molecule has 8 heteroatoms. The van der Waals surface area contributed by atoms with Crippen LogP contribution in [0.15, 0.2) is 48.5 Å². The van der Waals surface area contributed by atoms with E-state index in [-0.39, 0.29) is 23.0 Å². The number of anilines is 1. The molecule has 0 radical (unpaired) electrons. The number of methoxy groups -OCH3 is 1. The highest BCUT2D eigenvalue weighted by Crippen LogP contribution is 2.32. The van der Waals surface area contributed by atoms with Crippen LogP contribution in [0.4, 0.5) is 5.82 Å². The Balaban J connectivity index is 1.51. The molecule has 1 aliphatic heterocycles. The molecule has 0 fully saturated rings. The minimum atomic E-state index is -0.713. The summed E-state index contributed by atoms with van der Waals surface area (Å²) in [7, 11) is 1.60. The van der Waals surface area contributed by atoms with Gasteiger partial charge in [0.05, 0.1) is 19.0 Å². The SMILES string of the molecule is COc1ccc(CNC(=O)CC2C(=O)Nc3c4ccccc4nc(=S)n32)cc1. The fraction of sp³-hybridized carbons (Fsp3) is 0.200. The Morgan fingerprint density at radius 1 is 1.25 bits per heavy atom. The fourth-order valence-corrected chi connectivity index (χ4v) is 3.58. The van der Waals surface area contributed by atoms with Gasteiger partial charge >= 0.3 is 0 Å². The standard InChI is InChI=1S/C20H18N4O3S/c1-27-13-8-6-12(7-9-13)11-21-17(25)10-16-19(26)23-18-14-4-2-3-5-15(14)22-20(28)24(16)18/h2-9,16H,10-11H2,1H3,(H,21,25)(H,23,26). The quantitative estimate of drug-likeness (QED) is 0.650. The van der Waals surface area contributed by atoms with Gasteiger partial charge in [0.2, 0.25) is 16.6 Å². The lowest BCUT2D eigenvalue weighted by Gasteiger charge is -2.13. The zero-order valence-corrected chi connectivity index (χ0v) is 16.0. The third-order valence-electron chi connectivity index (χ3n) is 4.71. The van der Waals surface area contributed by atoms with E-state index in [0.717, 1.165) is 16.7 Å². The van der Waals surface area contributed by atoms with Gasteiger partial charge in [-0.25, -0.2) is 4.98 Å². The summed E-state index contributed by atoms with van der Waals surface area (Å²) >= 11 is 5.37. The minimum Gasteiger partial charge on any atom is -0.497 e. The topological polar surface area (TPSA) is 85.2 Å². The molecule has 4 rings (SSSR count). The van der Waals surface area contributed by atoms with Gasteiger partial charge in [0.15, 0.2) is 0 Å². The van der Waals surface area contributed by atoms with Crippen LogP contribution in [0.2, 0.25) is 0 Å². The van der Waals surface area contributed by atoms with Gasteiger partial charge in [-0.15, -0.1) is 0 Å². The molecule has 2 amide bonds. The van der Waals surface area contributed by atoms with Crippen molar-refractivity contribution in [3.05, 3.63) is 58.9 Å². The number of nitrogens with one attached hydrogen (secondary N) is 2. The van der Waals surface area contributed by atoms with Gasteiger partial charge in [-0.3, -0.25) is 14.2 Å². The van der Waals surface area contributed by atoms with Crippen molar-refractivity contribution in [2.45, 2.75) is 19.0 Å². The highest BCUT2D eigenvalue weighted by atomic mass is 32.1. The maximum atomic E-state index is 12.5. The van der Waals surface area contributed by atoms with Gasteiger partial charge in [0.1, 0.15) is 17.6 Å². The molecule has 28 heavy (non-hydrogen) atoms. The number of hydrogen-bond acceptors (Lipinski definition) is 5. The van der Waals surface area contributed by atoms with Crippen LogP contribution in [-0.4, -0.2) is 28.5 Å². The number of carbonyl (C=O) groups excluding carboxylic acids is 2. The Bertz CT molecular complexity index is 1120. The molecule has 1 atom stereocenters. The number of aromatic nitrogens is 2. The Kier molecular flexibility index (Phi) is 4.79. The van der Waals surface area contributed by atoms with E-state index in [0.29, 0.717) is 17.9 Å². The third kappa shape index (κ3) is 3.34. The van der Waals surface area contributed by atoms with Crippen LogP contribution < -0.4 is 15.4 Å². The molecule has 142 valence electrons. The molecule has 1 unspecified atom stereocenters. The van der Waals surface area contributed by atoms with E-state index in [1.807, 2.05) is 48.5 Å². The van der Waals surface area contributed by atoms with Crippen LogP contribution in [0.1, 0.15) is 18.0 Å². The molecule has 2 N–H and O–H groups in total. The van der Waals surface area contributed by atoms with E-state index in [2.05, 4.69) is 15.6 Å². The number of hydrogen-bond donors (Lipinski definition) is 2. The summed E-state index contributed by atoms with van der Waals surface area (Å²) in [6, 6.07) is 14.2. The van der Waals surface area contributed by atoms with Crippen molar-refractivity contribution in [1.82, 2.24) is 14.9 Å². The van der Waals surface area contributed by atoms with Crippen LogP contribution in [0.5, 0.6) is 5.75 Å². The first kappa shape index (κ1) is 18.1. The van der Waals surface area contributed by atoms with E-state index in [9.17, 15) is 9.59 Å². The van der Waals surface area contributed by atoms with E-state index in [1.54, 1.807) is 11.7 Å². The Morgan fingerprint density at radius 2 is 2.00 bits per heavy atom. The second-order valence-electron chi connectivity index (χ2n) is 6.46. The second kappa shape index (κ2) is 7.40. The average Bonchev–Trinajstić information content (AvgIpc) is 3.04. The second-order valence-corrected chi connectivity index (χ2v) is 6.83. The number of benzene rings is 2. The minimum absolute atomic E-state index is 0.0106. The zero-order chi connectivity index (χ0) is 19.7. The van der Waals surface area contributed by atoms with Gasteiger partial charge < -0.3 is 15.4 Å². The summed E-state index contributed by atoms with van der Waals surface area (Å²) in [5, 5.41) is 6.49. The maximum Gasteiger partial charge on any atom is 0.249 e. The lowest BCUT2D eigenvalue weighted by molar-refractivity contribution is -0.126. The predicted octanol–water partition coefficient (Wildman–Crippen LogP) is 2.97. The maximum absolute atomic E-state index is 12.5. The number of ether oxygens (including phenoxy) is 1. The summed E-state index contributed by atoms with van der Waals surface area (Å²) in [6.07, 6.45) is -0.0106. The van der Waals surface area contributed by atoms with E-state index < -0.39 is 6.04 Å². The molecule has 0 aliphatic carbocycles. The lowest BCUT2D eigenvalue weighted by atomic mass is 10.1. The van der Waals surface area contributed by atoms with Crippen molar-refractivity contribution in [1.29, 1.82) is 0 Å². The molecule has 3 aromatic rings. The fourth-order valence-electron chi connectivity index (χ4n) is 3.26. The molecular weight excluding hydrogens is 376 g/mol. The Morgan fingerprint density at radius 3 is 2.75 bits per heavy atom. The van der Waals surface area contributed by atoms with Crippen molar-refractivity contribution in [2.24, 2.45) is 0 Å². The first-order valence-electron chi connectivity index (χ1n) is 8.78. The Hall–Kier alpha value is -3.26. The van der Waals surface area contributed by atoms with Crippen molar-refractivity contribution in [2.75, 3.05) is 12.4 Å².